The van der Waals surface area contributed by atoms with Gasteiger partial charge in [-0.1, -0.05) is 21.1 Å². The van der Waals surface area contributed by atoms with E-state index in [1.165, 1.54) is 7.11 Å². The highest BCUT2D eigenvalue weighted by atomic mass is 79.9. The van der Waals surface area contributed by atoms with Gasteiger partial charge in [-0.15, -0.1) is 0 Å². The minimum Gasteiger partial charge on any atom is -0.464 e. The van der Waals surface area contributed by atoms with E-state index in [9.17, 15) is 14.4 Å². The molecule has 0 aromatic heterocycles. The van der Waals surface area contributed by atoms with Gasteiger partial charge in [0.15, 0.2) is 5.71 Å². The predicted molar refractivity (Wildman–Crippen MR) is 74.4 cm³/mol. The number of hydrogen-bond donors (Lipinski definition) is 0. The SMILES string of the molecule is COC(=O)C1=NOC2C(=O)N(c3ccc(Br)cc3)C(=O)C12. The van der Waals surface area contributed by atoms with E-state index < -0.39 is 29.8 Å². The molecule has 0 spiro atoms. The standard InChI is InChI=1S/C13H9BrN2O5/c1-20-13(19)9-8-10(21-15-9)12(18)16(11(8)17)7-4-2-6(14)3-5-7/h2-5,8,10H,1H3. The molecule has 8 heteroatoms. The third kappa shape index (κ3) is 2.02. The molecule has 0 saturated carbocycles. The Morgan fingerprint density at radius 1 is 1.29 bits per heavy atom. The smallest absolute Gasteiger partial charge is 0.356 e. The van der Waals surface area contributed by atoms with Gasteiger partial charge in [0.25, 0.3) is 5.91 Å². The second kappa shape index (κ2) is 4.96. The third-order valence-corrected chi connectivity index (χ3v) is 3.82. The fourth-order valence-corrected chi connectivity index (χ4v) is 2.56. The van der Waals surface area contributed by atoms with E-state index in [1.54, 1.807) is 24.3 Å². The van der Waals surface area contributed by atoms with E-state index in [4.69, 9.17) is 4.84 Å². The lowest BCUT2D eigenvalue weighted by Crippen LogP contribution is -2.34. The number of esters is 1. The van der Waals surface area contributed by atoms with Crippen molar-refractivity contribution in [2.75, 3.05) is 12.0 Å². The lowest BCUT2D eigenvalue weighted by Gasteiger charge is -2.15. The van der Waals surface area contributed by atoms with Crippen molar-refractivity contribution in [3.8, 4) is 0 Å². The number of amides is 2. The second-order valence-corrected chi connectivity index (χ2v) is 5.38. The van der Waals surface area contributed by atoms with E-state index in [0.717, 1.165) is 9.37 Å². The van der Waals surface area contributed by atoms with Gasteiger partial charge in [0, 0.05) is 4.47 Å². The Kier molecular flexibility index (Phi) is 3.25. The number of fused-ring (bicyclic) bond motifs is 1. The molecule has 1 aromatic rings. The number of rotatable bonds is 2. The number of benzene rings is 1. The van der Waals surface area contributed by atoms with E-state index >= 15 is 0 Å². The molecule has 0 aliphatic carbocycles. The average molecular weight is 353 g/mol. The fourth-order valence-electron chi connectivity index (χ4n) is 2.30. The van der Waals surface area contributed by atoms with Crippen LogP contribution < -0.4 is 4.90 Å². The minimum atomic E-state index is -1.10. The molecule has 2 heterocycles. The van der Waals surface area contributed by atoms with Crippen molar-refractivity contribution in [2.45, 2.75) is 6.10 Å². The van der Waals surface area contributed by atoms with Crippen LogP contribution >= 0.6 is 15.9 Å². The minimum absolute atomic E-state index is 0.180. The van der Waals surface area contributed by atoms with Crippen LogP contribution in [0.4, 0.5) is 5.69 Å². The number of hydrogen-bond acceptors (Lipinski definition) is 6. The van der Waals surface area contributed by atoms with E-state index in [2.05, 4.69) is 25.8 Å². The average Bonchev–Trinajstić information content (AvgIpc) is 3.01. The second-order valence-electron chi connectivity index (χ2n) is 4.46. The summed E-state index contributed by atoms with van der Waals surface area (Å²) < 4.78 is 5.36. The maximum Gasteiger partial charge on any atom is 0.356 e. The van der Waals surface area contributed by atoms with E-state index in [-0.39, 0.29) is 5.71 Å². The number of carbonyl (C=O) groups excluding carboxylic acids is 3. The number of halogens is 1. The van der Waals surface area contributed by atoms with Crippen molar-refractivity contribution in [3.63, 3.8) is 0 Å². The molecule has 7 nitrogen and oxygen atoms in total. The maximum atomic E-state index is 12.4. The van der Waals surface area contributed by atoms with Gasteiger partial charge in [-0.3, -0.25) is 9.59 Å². The Bertz CT molecular complexity index is 670. The number of nitrogens with zero attached hydrogens (tertiary/aromatic N) is 2. The van der Waals surface area contributed by atoms with Gasteiger partial charge in [-0.05, 0) is 24.3 Å². The summed E-state index contributed by atoms with van der Waals surface area (Å²) in [5, 5.41) is 3.50. The molecule has 0 N–H and O–H groups in total. The molecule has 0 bridgehead atoms. The highest BCUT2D eigenvalue weighted by Crippen LogP contribution is 2.33. The Hall–Kier alpha value is -2.22. The first-order valence-electron chi connectivity index (χ1n) is 6.00. The van der Waals surface area contributed by atoms with Crippen molar-refractivity contribution in [1.29, 1.82) is 0 Å². The Balaban J connectivity index is 1.95. The first kappa shape index (κ1) is 13.7. The van der Waals surface area contributed by atoms with Crippen LogP contribution in [0.25, 0.3) is 0 Å². The zero-order chi connectivity index (χ0) is 15.1. The van der Waals surface area contributed by atoms with Gasteiger partial charge in [0.2, 0.25) is 12.0 Å². The number of oxime groups is 1. The van der Waals surface area contributed by atoms with Crippen LogP contribution in [0.1, 0.15) is 0 Å². The predicted octanol–water partition coefficient (Wildman–Crippen LogP) is 0.866. The molecule has 1 fully saturated rings. The largest absolute Gasteiger partial charge is 0.464 e. The molecule has 2 aliphatic heterocycles. The summed E-state index contributed by atoms with van der Waals surface area (Å²) in [7, 11) is 1.17. The number of carbonyl (C=O) groups is 3. The number of anilines is 1. The summed E-state index contributed by atoms with van der Waals surface area (Å²) in [6.45, 7) is 0. The summed E-state index contributed by atoms with van der Waals surface area (Å²) >= 11 is 3.28. The highest BCUT2D eigenvalue weighted by molar-refractivity contribution is 9.10. The lowest BCUT2D eigenvalue weighted by atomic mass is 10.00. The van der Waals surface area contributed by atoms with Gasteiger partial charge in [0.1, 0.15) is 5.92 Å². The highest BCUT2D eigenvalue weighted by Gasteiger charge is 2.57. The van der Waals surface area contributed by atoms with Crippen LogP contribution in [-0.2, 0) is 24.0 Å². The van der Waals surface area contributed by atoms with Crippen LogP contribution in [0, 0.1) is 5.92 Å². The van der Waals surface area contributed by atoms with Crippen LogP contribution in [0.5, 0.6) is 0 Å². The Morgan fingerprint density at radius 2 is 1.95 bits per heavy atom. The van der Waals surface area contributed by atoms with E-state index in [0.29, 0.717) is 5.69 Å². The summed E-state index contributed by atoms with van der Waals surface area (Å²) in [4.78, 5) is 42.2. The van der Waals surface area contributed by atoms with Crippen LogP contribution in [0.3, 0.4) is 0 Å². The van der Waals surface area contributed by atoms with Gasteiger partial charge < -0.3 is 9.57 Å². The topological polar surface area (TPSA) is 85.3 Å². The molecular formula is C13H9BrN2O5. The summed E-state index contributed by atoms with van der Waals surface area (Å²) in [6, 6.07) is 6.66. The molecule has 2 aliphatic rings. The monoisotopic (exact) mass is 352 g/mol. The maximum absolute atomic E-state index is 12.4. The quantitative estimate of drug-likeness (QED) is 0.582. The molecule has 1 saturated heterocycles. The summed E-state index contributed by atoms with van der Waals surface area (Å²) in [5.74, 6) is -2.92. The first-order valence-corrected chi connectivity index (χ1v) is 6.79. The zero-order valence-electron chi connectivity index (χ0n) is 10.8. The molecule has 2 unspecified atom stereocenters. The Labute approximate surface area is 127 Å². The van der Waals surface area contributed by atoms with Crippen molar-refractivity contribution in [2.24, 2.45) is 11.1 Å². The summed E-state index contributed by atoms with van der Waals surface area (Å²) in [6.07, 6.45) is -1.10. The van der Waals surface area contributed by atoms with Crippen molar-refractivity contribution < 1.29 is 24.0 Å². The number of methoxy groups -OCH3 is 1. The molecule has 21 heavy (non-hydrogen) atoms. The molecule has 0 radical (unpaired) electrons. The van der Waals surface area contributed by atoms with Crippen LogP contribution in [0.2, 0.25) is 0 Å². The Morgan fingerprint density at radius 3 is 2.57 bits per heavy atom. The third-order valence-electron chi connectivity index (χ3n) is 3.29. The number of ether oxygens (including phenoxy) is 1. The van der Waals surface area contributed by atoms with Crippen molar-refractivity contribution >= 4 is 45.1 Å². The van der Waals surface area contributed by atoms with Crippen LogP contribution in [-0.4, -0.2) is 36.7 Å². The molecule has 1 aromatic carbocycles. The van der Waals surface area contributed by atoms with E-state index in [1.807, 2.05) is 0 Å². The fraction of sp³-hybridized carbons (Fsp3) is 0.231. The van der Waals surface area contributed by atoms with Gasteiger partial charge in [-0.25, -0.2) is 9.69 Å². The molecule has 108 valence electrons. The molecule has 3 rings (SSSR count). The van der Waals surface area contributed by atoms with Gasteiger partial charge in [0.05, 0.1) is 12.8 Å². The first-order chi connectivity index (χ1) is 10.0. The number of imide groups is 1. The van der Waals surface area contributed by atoms with Crippen molar-refractivity contribution in [3.05, 3.63) is 28.7 Å². The van der Waals surface area contributed by atoms with Crippen molar-refractivity contribution in [1.82, 2.24) is 0 Å². The zero-order valence-corrected chi connectivity index (χ0v) is 12.4. The molecule has 2 amide bonds. The molecular weight excluding hydrogens is 344 g/mol. The van der Waals surface area contributed by atoms with Crippen LogP contribution in [0.15, 0.2) is 33.9 Å². The van der Waals surface area contributed by atoms with Gasteiger partial charge >= 0.3 is 5.97 Å². The summed E-state index contributed by atoms with van der Waals surface area (Å²) in [5.41, 5.74) is 0.232. The van der Waals surface area contributed by atoms with Gasteiger partial charge in [-0.2, -0.15) is 0 Å². The normalized spacial score (nSPS) is 23.7. The molecule has 2 atom stereocenters. The lowest BCUT2D eigenvalue weighted by molar-refractivity contribution is -0.133.